The molecule has 0 spiro atoms. The minimum atomic E-state index is -0.752. The van der Waals surface area contributed by atoms with Gasteiger partial charge in [0.1, 0.15) is 6.10 Å². The third kappa shape index (κ3) is 2.67. The second kappa shape index (κ2) is 5.07. The van der Waals surface area contributed by atoms with Crippen molar-refractivity contribution >= 4 is 0 Å². The summed E-state index contributed by atoms with van der Waals surface area (Å²) in [4.78, 5) is 0. The summed E-state index contributed by atoms with van der Waals surface area (Å²) in [6, 6.07) is 0. The number of ether oxygens (including phenoxy) is 3. The first-order valence-electron chi connectivity index (χ1n) is 5.35. The smallest absolute Gasteiger partial charge is 0.181 e. The van der Waals surface area contributed by atoms with Gasteiger partial charge in [0.15, 0.2) is 6.29 Å². The molecule has 2 heterocycles. The molecule has 82 valence electrons. The number of aliphatic hydroxyl groups excluding tert-OH is 1. The summed E-state index contributed by atoms with van der Waals surface area (Å²) in [5.74, 6) is 0.450. The third-order valence-electron chi connectivity index (χ3n) is 2.81. The van der Waals surface area contributed by atoms with E-state index in [1.807, 2.05) is 0 Å². The number of aliphatic hydroxyl groups is 1. The first-order valence-corrected chi connectivity index (χ1v) is 5.35. The Kier molecular flexibility index (Phi) is 3.75. The quantitative estimate of drug-likeness (QED) is 0.676. The summed E-state index contributed by atoms with van der Waals surface area (Å²) in [5.41, 5.74) is 0. The standard InChI is InChI=1S/C10H18O4/c11-10(9-2-1-4-13-9)14-7-8-3-5-12-6-8/h8-11H,1-7H2. The van der Waals surface area contributed by atoms with E-state index in [0.29, 0.717) is 12.5 Å². The lowest BCUT2D eigenvalue weighted by molar-refractivity contribution is -0.171. The van der Waals surface area contributed by atoms with E-state index in [-0.39, 0.29) is 6.10 Å². The summed E-state index contributed by atoms with van der Waals surface area (Å²) < 4.78 is 15.9. The maximum absolute atomic E-state index is 9.62. The van der Waals surface area contributed by atoms with E-state index in [1.165, 1.54) is 0 Å². The minimum Gasteiger partial charge on any atom is -0.381 e. The Hall–Kier alpha value is -0.160. The fourth-order valence-corrected chi connectivity index (χ4v) is 1.88. The molecule has 0 aliphatic carbocycles. The van der Waals surface area contributed by atoms with Crippen molar-refractivity contribution in [1.82, 2.24) is 0 Å². The summed E-state index contributed by atoms with van der Waals surface area (Å²) in [6.45, 7) is 2.92. The van der Waals surface area contributed by atoms with Crippen LogP contribution in [-0.2, 0) is 14.2 Å². The zero-order chi connectivity index (χ0) is 9.80. The molecule has 3 unspecified atom stereocenters. The van der Waals surface area contributed by atoms with Crippen LogP contribution in [0.25, 0.3) is 0 Å². The van der Waals surface area contributed by atoms with Crippen molar-refractivity contribution in [2.45, 2.75) is 31.7 Å². The van der Waals surface area contributed by atoms with E-state index in [9.17, 15) is 5.11 Å². The van der Waals surface area contributed by atoms with Gasteiger partial charge in [-0.05, 0) is 19.3 Å². The summed E-state index contributed by atoms with van der Waals surface area (Å²) in [7, 11) is 0. The average molecular weight is 202 g/mol. The van der Waals surface area contributed by atoms with Crippen LogP contribution in [-0.4, -0.2) is 43.9 Å². The summed E-state index contributed by atoms with van der Waals surface area (Å²) in [5, 5.41) is 9.62. The largest absolute Gasteiger partial charge is 0.381 e. The maximum atomic E-state index is 9.62. The maximum Gasteiger partial charge on any atom is 0.181 e. The average Bonchev–Trinajstić information content (AvgIpc) is 2.87. The first-order chi connectivity index (χ1) is 6.86. The van der Waals surface area contributed by atoms with Crippen molar-refractivity contribution in [3.63, 3.8) is 0 Å². The topological polar surface area (TPSA) is 47.9 Å². The van der Waals surface area contributed by atoms with Gasteiger partial charge in [-0.3, -0.25) is 0 Å². The fourth-order valence-electron chi connectivity index (χ4n) is 1.88. The summed E-state index contributed by atoms with van der Waals surface area (Å²) >= 11 is 0. The van der Waals surface area contributed by atoms with Gasteiger partial charge in [0.25, 0.3) is 0 Å². The highest BCUT2D eigenvalue weighted by molar-refractivity contribution is 4.69. The molecule has 4 nitrogen and oxygen atoms in total. The number of hydrogen-bond acceptors (Lipinski definition) is 4. The van der Waals surface area contributed by atoms with Crippen LogP contribution in [0, 0.1) is 5.92 Å². The Morgan fingerprint density at radius 1 is 1.36 bits per heavy atom. The molecule has 0 radical (unpaired) electrons. The van der Waals surface area contributed by atoms with E-state index in [4.69, 9.17) is 14.2 Å². The number of rotatable bonds is 4. The van der Waals surface area contributed by atoms with Crippen molar-refractivity contribution in [2.75, 3.05) is 26.4 Å². The van der Waals surface area contributed by atoms with E-state index in [1.54, 1.807) is 0 Å². The molecule has 2 aliphatic heterocycles. The predicted octanol–water partition coefficient (Wildman–Crippen LogP) is 0.537. The Labute approximate surface area is 84.1 Å². The van der Waals surface area contributed by atoms with Crippen molar-refractivity contribution in [1.29, 1.82) is 0 Å². The van der Waals surface area contributed by atoms with Crippen LogP contribution >= 0.6 is 0 Å². The van der Waals surface area contributed by atoms with Crippen molar-refractivity contribution < 1.29 is 19.3 Å². The monoisotopic (exact) mass is 202 g/mol. The molecular formula is C10H18O4. The van der Waals surface area contributed by atoms with Gasteiger partial charge in [-0.2, -0.15) is 0 Å². The molecule has 2 saturated heterocycles. The van der Waals surface area contributed by atoms with Crippen LogP contribution in [0.5, 0.6) is 0 Å². The van der Waals surface area contributed by atoms with Gasteiger partial charge in [0.2, 0.25) is 0 Å². The van der Waals surface area contributed by atoms with E-state index in [2.05, 4.69) is 0 Å². The second-order valence-corrected chi connectivity index (χ2v) is 4.00. The Morgan fingerprint density at radius 3 is 2.93 bits per heavy atom. The Morgan fingerprint density at radius 2 is 2.29 bits per heavy atom. The van der Waals surface area contributed by atoms with E-state index in [0.717, 1.165) is 39.1 Å². The Balaban J connectivity index is 1.63. The van der Waals surface area contributed by atoms with Gasteiger partial charge in [-0.1, -0.05) is 0 Å². The molecular weight excluding hydrogens is 184 g/mol. The van der Waals surface area contributed by atoms with Gasteiger partial charge in [-0.25, -0.2) is 0 Å². The molecule has 2 rings (SSSR count). The molecule has 0 aromatic carbocycles. The third-order valence-corrected chi connectivity index (χ3v) is 2.81. The zero-order valence-electron chi connectivity index (χ0n) is 8.35. The molecule has 0 saturated carbocycles. The van der Waals surface area contributed by atoms with Gasteiger partial charge in [0.05, 0.1) is 13.2 Å². The molecule has 2 fully saturated rings. The van der Waals surface area contributed by atoms with Gasteiger partial charge in [-0.15, -0.1) is 0 Å². The van der Waals surface area contributed by atoms with Crippen LogP contribution in [0.3, 0.4) is 0 Å². The van der Waals surface area contributed by atoms with Crippen LogP contribution < -0.4 is 0 Å². The molecule has 0 bridgehead atoms. The molecule has 14 heavy (non-hydrogen) atoms. The normalized spacial score (nSPS) is 34.9. The highest BCUT2D eigenvalue weighted by atomic mass is 16.6. The minimum absolute atomic E-state index is 0.114. The van der Waals surface area contributed by atoms with E-state index >= 15 is 0 Å². The van der Waals surface area contributed by atoms with Gasteiger partial charge < -0.3 is 19.3 Å². The molecule has 2 aliphatic rings. The van der Waals surface area contributed by atoms with E-state index < -0.39 is 6.29 Å². The first kappa shape index (κ1) is 10.4. The molecule has 3 atom stereocenters. The van der Waals surface area contributed by atoms with Gasteiger partial charge >= 0.3 is 0 Å². The molecule has 0 aromatic heterocycles. The van der Waals surface area contributed by atoms with Crippen LogP contribution in [0.1, 0.15) is 19.3 Å². The highest BCUT2D eigenvalue weighted by Gasteiger charge is 2.26. The Bertz CT molecular complexity index is 162. The fraction of sp³-hybridized carbons (Fsp3) is 1.00. The van der Waals surface area contributed by atoms with Crippen molar-refractivity contribution in [2.24, 2.45) is 5.92 Å². The van der Waals surface area contributed by atoms with Crippen molar-refractivity contribution in [3.8, 4) is 0 Å². The lowest BCUT2D eigenvalue weighted by Crippen LogP contribution is -2.30. The predicted molar refractivity (Wildman–Crippen MR) is 49.9 cm³/mol. The molecule has 0 amide bonds. The number of hydrogen-bond donors (Lipinski definition) is 1. The SMILES string of the molecule is OC(OCC1CCOC1)C1CCCO1. The van der Waals surface area contributed by atoms with Crippen molar-refractivity contribution in [3.05, 3.63) is 0 Å². The lowest BCUT2D eigenvalue weighted by Gasteiger charge is -2.19. The highest BCUT2D eigenvalue weighted by Crippen LogP contribution is 2.18. The second-order valence-electron chi connectivity index (χ2n) is 4.00. The molecule has 4 heteroatoms. The van der Waals surface area contributed by atoms with Gasteiger partial charge in [0, 0.05) is 19.1 Å². The molecule has 0 aromatic rings. The summed E-state index contributed by atoms with van der Waals surface area (Å²) in [6.07, 6.45) is 2.11. The lowest BCUT2D eigenvalue weighted by atomic mass is 10.1. The molecule has 1 N–H and O–H groups in total. The van der Waals surface area contributed by atoms with Crippen LogP contribution in [0.4, 0.5) is 0 Å². The zero-order valence-corrected chi connectivity index (χ0v) is 8.35. The van der Waals surface area contributed by atoms with Crippen LogP contribution in [0.2, 0.25) is 0 Å². The van der Waals surface area contributed by atoms with Crippen LogP contribution in [0.15, 0.2) is 0 Å².